The van der Waals surface area contributed by atoms with Crippen molar-refractivity contribution in [2.75, 3.05) is 12.8 Å². The minimum absolute atomic E-state index is 0.0163. The van der Waals surface area contributed by atoms with Gasteiger partial charge in [-0.1, -0.05) is 41.9 Å². The number of halogens is 2. The van der Waals surface area contributed by atoms with Crippen LogP contribution in [0, 0.1) is 12.7 Å². The normalized spacial score (nSPS) is 10.8. The Morgan fingerprint density at radius 3 is 2.54 bits per heavy atom. The summed E-state index contributed by atoms with van der Waals surface area (Å²) in [7, 11) is 1.23. The Kier molecular flexibility index (Phi) is 4.16. The second kappa shape index (κ2) is 6.13. The van der Waals surface area contributed by atoms with Crippen LogP contribution in [0.3, 0.4) is 0 Å². The molecule has 0 aromatic heterocycles. The number of rotatable bonds is 2. The molecule has 0 saturated carbocycles. The second-order valence-corrected chi connectivity index (χ2v) is 5.89. The van der Waals surface area contributed by atoms with E-state index in [-0.39, 0.29) is 11.3 Å². The van der Waals surface area contributed by atoms with Crippen LogP contribution in [0.1, 0.15) is 15.9 Å². The Morgan fingerprint density at radius 1 is 1.21 bits per heavy atom. The number of benzene rings is 3. The van der Waals surface area contributed by atoms with E-state index in [9.17, 15) is 9.18 Å². The summed E-state index contributed by atoms with van der Waals surface area (Å²) in [5.41, 5.74) is 7.17. The molecule has 0 bridgehead atoms. The summed E-state index contributed by atoms with van der Waals surface area (Å²) in [5, 5.41) is 2.17. The molecule has 0 aliphatic rings. The van der Waals surface area contributed by atoms with E-state index < -0.39 is 11.8 Å². The SMILES string of the molecule is COC(=O)c1cc(C)c(-c2cccc3cccc(Cl)c23)c(F)c1N. The Morgan fingerprint density at radius 2 is 1.88 bits per heavy atom. The Balaban J connectivity index is 2.36. The maximum atomic E-state index is 15.0. The minimum atomic E-state index is -0.669. The van der Waals surface area contributed by atoms with Crippen LogP contribution in [0.5, 0.6) is 0 Å². The first-order valence-electron chi connectivity index (χ1n) is 7.30. The van der Waals surface area contributed by atoms with Crippen LogP contribution in [0.4, 0.5) is 10.1 Å². The van der Waals surface area contributed by atoms with Crippen LogP contribution in [0.25, 0.3) is 21.9 Å². The molecule has 24 heavy (non-hydrogen) atoms. The molecule has 0 amide bonds. The van der Waals surface area contributed by atoms with Gasteiger partial charge < -0.3 is 10.5 Å². The van der Waals surface area contributed by atoms with E-state index in [0.717, 1.165) is 10.8 Å². The van der Waals surface area contributed by atoms with Gasteiger partial charge in [-0.05, 0) is 35.6 Å². The van der Waals surface area contributed by atoms with Gasteiger partial charge in [-0.3, -0.25) is 0 Å². The summed E-state index contributed by atoms with van der Waals surface area (Å²) < 4.78 is 19.6. The fourth-order valence-electron chi connectivity index (χ4n) is 2.91. The van der Waals surface area contributed by atoms with E-state index in [1.807, 2.05) is 24.3 Å². The van der Waals surface area contributed by atoms with Crippen LogP contribution in [0.15, 0.2) is 42.5 Å². The number of methoxy groups -OCH3 is 1. The standard InChI is InChI=1S/C19H15ClFNO2/c1-10-9-13(19(23)24-2)18(22)17(21)15(10)12-7-3-5-11-6-4-8-14(20)16(11)12/h3-9H,22H2,1-2H3. The Labute approximate surface area is 143 Å². The zero-order chi connectivity index (χ0) is 17.4. The third-order valence-electron chi connectivity index (χ3n) is 4.03. The molecular weight excluding hydrogens is 329 g/mol. The second-order valence-electron chi connectivity index (χ2n) is 5.48. The molecule has 0 atom stereocenters. The number of hydrogen-bond donors (Lipinski definition) is 1. The van der Waals surface area contributed by atoms with Gasteiger partial charge in [0, 0.05) is 16.0 Å². The Hall–Kier alpha value is -2.59. The molecule has 3 rings (SSSR count). The van der Waals surface area contributed by atoms with Crippen molar-refractivity contribution in [1.82, 2.24) is 0 Å². The number of aryl methyl sites for hydroxylation is 1. The fraction of sp³-hybridized carbons (Fsp3) is 0.105. The van der Waals surface area contributed by atoms with Crippen molar-refractivity contribution in [3.05, 3.63) is 64.4 Å². The lowest BCUT2D eigenvalue weighted by Gasteiger charge is -2.15. The number of nitrogen functional groups attached to an aromatic ring is 1. The molecule has 3 aromatic rings. The van der Waals surface area contributed by atoms with Crippen molar-refractivity contribution >= 4 is 34.0 Å². The van der Waals surface area contributed by atoms with Gasteiger partial charge in [-0.25, -0.2) is 9.18 Å². The molecule has 5 heteroatoms. The van der Waals surface area contributed by atoms with Crippen molar-refractivity contribution < 1.29 is 13.9 Å². The first-order valence-corrected chi connectivity index (χ1v) is 7.68. The average molecular weight is 344 g/mol. The highest BCUT2D eigenvalue weighted by molar-refractivity contribution is 6.36. The molecule has 0 unspecified atom stereocenters. The van der Waals surface area contributed by atoms with Crippen LogP contribution in [-0.2, 0) is 4.74 Å². The van der Waals surface area contributed by atoms with Gasteiger partial charge in [0.15, 0.2) is 5.82 Å². The summed E-state index contributed by atoms with van der Waals surface area (Å²) in [6.07, 6.45) is 0. The number of ether oxygens (including phenoxy) is 1. The van der Waals surface area contributed by atoms with Crippen LogP contribution in [-0.4, -0.2) is 13.1 Å². The van der Waals surface area contributed by atoms with Gasteiger partial charge in [-0.2, -0.15) is 0 Å². The predicted molar refractivity (Wildman–Crippen MR) is 94.8 cm³/mol. The number of hydrogen-bond acceptors (Lipinski definition) is 3. The quantitative estimate of drug-likeness (QED) is 0.527. The summed E-state index contributed by atoms with van der Waals surface area (Å²) >= 11 is 6.33. The van der Waals surface area contributed by atoms with E-state index in [1.165, 1.54) is 13.2 Å². The van der Waals surface area contributed by atoms with Gasteiger partial charge in [0.2, 0.25) is 0 Å². The van der Waals surface area contributed by atoms with Crippen molar-refractivity contribution in [3.8, 4) is 11.1 Å². The Bertz CT molecular complexity index is 964. The summed E-state index contributed by atoms with van der Waals surface area (Å²) in [4.78, 5) is 11.8. The highest BCUT2D eigenvalue weighted by Gasteiger charge is 2.21. The lowest BCUT2D eigenvalue weighted by Crippen LogP contribution is -2.09. The van der Waals surface area contributed by atoms with Gasteiger partial charge in [-0.15, -0.1) is 0 Å². The summed E-state index contributed by atoms with van der Waals surface area (Å²) in [5.74, 6) is -1.32. The first kappa shape index (κ1) is 16.3. The van der Waals surface area contributed by atoms with E-state index in [0.29, 0.717) is 21.7 Å². The molecule has 0 aliphatic carbocycles. The molecule has 0 saturated heterocycles. The van der Waals surface area contributed by atoms with Crippen LogP contribution < -0.4 is 5.73 Å². The van der Waals surface area contributed by atoms with Crippen molar-refractivity contribution in [3.63, 3.8) is 0 Å². The van der Waals surface area contributed by atoms with Gasteiger partial charge >= 0.3 is 5.97 Å². The van der Waals surface area contributed by atoms with Crippen molar-refractivity contribution in [2.24, 2.45) is 0 Å². The molecule has 0 heterocycles. The zero-order valence-corrected chi connectivity index (χ0v) is 13.9. The maximum Gasteiger partial charge on any atom is 0.340 e. The molecule has 0 radical (unpaired) electrons. The largest absolute Gasteiger partial charge is 0.465 e. The number of nitrogens with two attached hydrogens (primary N) is 1. The highest BCUT2D eigenvalue weighted by atomic mass is 35.5. The number of carbonyl (C=O) groups is 1. The van der Waals surface area contributed by atoms with Crippen molar-refractivity contribution in [2.45, 2.75) is 6.92 Å². The fourth-order valence-corrected chi connectivity index (χ4v) is 3.19. The van der Waals surface area contributed by atoms with E-state index in [2.05, 4.69) is 4.74 Å². The van der Waals surface area contributed by atoms with Crippen molar-refractivity contribution in [1.29, 1.82) is 0 Å². The monoisotopic (exact) mass is 343 g/mol. The van der Waals surface area contributed by atoms with Gasteiger partial charge in [0.1, 0.15) is 0 Å². The topological polar surface area (TPSA) is 52.3 Å². The predicted octanol–water partition coefficient (Wildman–Crippen LogP) is 4.98. The van der Waals surface area contributed by atoms with Gasteiger partial charge in [0.25, 0.3) is 0 Å². The minimum Gasteiger partial charge on any atom is -0.465 e. The van der Waals surface area contributed by atoms with Crippen LogP contribution >= 0.6 is 11.6 Å². The third-order valence-corrected chi connectivity index (χ3v) is 4.34. The van der Waals surface area contributed by atoms with E-state index in [1.54, 1.807) is 19.1 Å². The molecule has 3 aromatic carbocycles. The van der Waals surface area contributed by atoms with E-state index >= 15 is 0 Å². The summed E-state index contributed by atoms with van der Waals surface area (Å²) in [6, 6.07) is 12.6. The maximum absolute atomic E-state index is 15.0. The number of anilines is 1. The molecule has 0 fully saturated rings. The van der Waals surface area contributed by atoms with Crippen LogP contribution in [0.2, 0.25) is 5.02 Å². The first-order chi connectivity index (χ1) is 11.5. The molecule has 0 spiro atoms. The molecular formula is C19H15ClFNO2. The molecule has 2 N–H and O–H groups in total. The third kappa shape index (κ3) is 2.49. The number of fused-ring (bicyclic) bond motifs is 1. The lowest BCUT2D eigenvalue weighted by molar-refractivity contribution is 0.0601. The lowest BCUT2D eigenvalue weighted by atomic mass is 9.92. The van der Waals surface area contributed by atoms with E-state index in [4.69, 9.17) is 17.3 Å². The molecule has 122 valence electrons. The molecule has 0 aliphatic heterocycles. The summed E-state index contributed by atoms with van der Waals surface area (Å²) in [6.45, 7) is 1.72. The van der Waals surface area contributed by atoms with Gasteiger partial charge in [0.05, 0.1) is 18.4 Å². The number of esters is 1. The smallest absolute Gasteiger partial charge is 0.340 e. The molecule has 3 nitrogen and oxygen atoms in total. The number of carbonyl (C=O) groups excluding carboxylic acids is 1. The zero-order valence-electron chi connectivity index (χ0n) is 13.2. The highest BCUT2D eigenvalue weighted by Crippen LogP contribution is 2.39. The average Bonchev–Trinajstić information content (AvgIpc) is 2.58.